The molecule has 0 saturated heterocycles. The van der Waals surface area contributed by atoms with Gasteiger partial charge in [0.2, 0.25) is 0 Å². The molecule has 1 N–H and O–H groups in total. The van der Waals surface area contributed by atoms with Crippen molar-refractivity contribution in [2.24, 2.45) is 0 Å². The topological polar surface area (TPSA) is 63.8 Å². The molecule has 1 aromatic carbocycles. The maximum absolute atomic E-state index is 13.6. The van der Waals surface area contributed by atoms with Crippen molar-refractivity contribution in [1.29, 1.82) is 0 Å². The van der Waals surface area contributed by atoms with Crippen molar-refractivity contribution in [2.45, 2.75) is 6.61 Å². The van der Waals surface area contributed by atoms with E-state index >= 15 is 0 Å². The van der Waals surface area contributed by atoms with Crippen LogP contribution in [0.15, 0.2) is 22.9 Å². The maximum Gasteiger partial charge on any atom is 0.145 e. The van der Waals surface area contributed by atoms with Gasteiger partial charge in [-0.3, -0.25) is 0 Å². The molecule has 0 unspecified atom stereocenters. The number of rotatable bonds is 2. The summed E-state index contributed by atoms with van der Waals surface area (Å²) in [5.41, 5.74) is 0.569. The van der Waals surface area contributed by atoms with Crippen molar-refractivity contribution < 1.29 is 9.50 Å². The molecule has 0 bridgehead atoms. The Morgan fingerprint density at radius 2 is 2.27 bits per heavy atom. The number of hydrogen-bond acceptors (Lipinski definition) is 4. The lowest BCUT2D eigenvalue weighted by atomic mass is 10.2. The van der Waals surface area contributed by atoms with Gasteiger partial charge < -0.3 is 5.11 Å². The zero-order valence-electron chi connectivity index (χ0n) is 7.43. The number of aromatic nitrogens is 4. The van der Waals surface area contributed by atoms with E-state index in [1.807, 2.05) is 0 Å². The van der Waals surface area contributed by atoms with E-state index in [-0.39, 0.29) is 5.56 Å². The number of hydrogen-bond donors (Lipinski definition) is 1. The number of nitrogens with zero attached hydrogens (tertiary/aromatic N) is 4. The summed E-state index contributed by atoms with van der Waals surface area (Å²) in [5.74, 6) is -0.509. The van der Waals surface area contributed by atoms with Crippen LogP contribution in [0.3, 0.4) is 0 Å². The molecule has 0 amide bonds. The fourth-order valence-corrected chi connectivity index (χ4v) is 1.59. The molecule has 1 aromatic heterocycles. The molecule has 0 atom stereocenters. The van der Waals surface area contributed by atoms with Crippen molar-refractivity contribution >= 4 is 15.9 Å². The minimum atomic E-state index is -0.509. The molecule has 1 heterocycles. The van der Waals surface area contributed by atoms with E-state index < -0.39 is 12.4 Å². The summed E-state index contributed by atoms with van der Waals surface area (Å²) in [6.45, 7) is -0.416. The molecule has 0 fully saturated rings. The first-order valence-electron chi connectivity index (χ1n) is 4.05. The standard InChI is InChI=1S/C8H6BrFN4O/c9-6-1-2-7(5(3-15)8(6)10)14-4-11-12-13-14/h1-2,4,15H,3H2. The molecule has 0 aliphatic heterocycles. The van der Waals surface area contributed by atoms with E-state index in [2.05, 4.69) is 31.5 Å². The van der Waals surface area contributed by atoms with Crippen molar-refractivity contribution in [2.75, 3.05) is 0 Å². The molecule has 0 spiro atoms. The molecule has 0 saturated carbocycles. The highest BCUT2D eigenvalue weighted by Gasteiger charge is 2.13. The lowest BCUT2D eigenvalue weighted by Crippen LogP contribution is -2.03. The summed E-state index contributed by atoms with van der Waals surface area (Å²) in [6.07, 6.45) is 1.34. The summed E-state index contributed by atoms with van der Waals surface area (Å²) in [4.78, 5) is 0. The van der Waals surface area contributed by atoms with Crippen LogP contribution in [0.1, 0.15) is 5.56 Å². The van der Waals surface area contributed by atoms with E-state index in [1.54, 1.807) is 6.07 Å². The molecular formula is C8H6BrFN4O. The van der Waals surface area contributed by atoms with E-state index in [0.29, 0.717) is 10.2 Å². The highest BCUT2D eigenvalue weighted by Crippen LogP contribution is 2.24. The van der Waals surface area contributed by atoms with Crippen LogP contribution in [0.5, 0.6) is 0 Å². The highest BCUT2D eigenvalue weighted by molar-refractivity contribution is 9.10. The van der Waals surface area contributed by atoms with Gasteiger partial charge in [0.25, 0.3) is 0 Å². The molecule has 0 radical (unpaired) electrons. The van der Waals surface area contributed by atoms with Gasteiger partial charge in [-0.15, -0.1) is 5.10 Å². The quantitative estimate of drug-likeness (QED) is 0.888. The molecule has 15 heavy (non-hydrogen) atoms. The minimum absolute atomic E-state index is 0.150. The predicted molar refractivity (Wildman–Crippen MR) is 52.7 cm³/mol. The van der Waals surface area contributed by atoms with Gasteiger partial charge in [-0.25, -0.2) is 9.07 Å². The van der Waals surface area contributed by atoms with Crippen LogP contribution in [-0.4, -0.2) is 25.3 Å². The van der Waals surface area contributed by atoms with Crippen LogP contribution in [0.4, 0.5) is 4.39 Å². The monoisotopic (exact) mass is 272 g/mol. The Kier molecular flexibility index (Phi) is 2.74. The number of halogens is 2. The van der Waals surface area contributed by atoms with Crippen LogP contribution in [0.2, 0.25) is 0 Å². The van der Waals surface area contributed by atoms with Gasteiger partial charge in [-0.05, 0) is 38.5 Å². The summed E-state index contributed by atoms with van der Waals surface area (Å²) >= 11 is 3.04. The van der Waals surface area contributed by atoms with Crippen LogP contribution >= 0.6 is 15.9 Å². The van der Waals surface area contributed by atoms with E-state index in [9.17, 15) is 4.39 Å². The van der Waals surface area contributed by atoms with Gasteiger partial charge in [0.15, 0.2) is 0 Å². The van der Waals surface area contributed by atoms with Gasteiger partial charge in [-0.1, -0.05) is 0 Å². The second-order valence-electron chi connectivity index (χ2n) is 2.77. The highest BCUT2D eigenvalue weighted by atomic mass is 79.9. The van der Waals surface area contributed by atoms with Crippen molar-refractivity contribution in [3.05, 3.63) is 34.3 Å². The van der Waals surface area contributed by atoms with Crippen LogP contribution < -0.4 is 0 Å². The predicted octanol–water partition coefficient (Wildman–Crippen LogP) is 1.06. The Balaban J connectivity index is 2.62. The number of benzene rings is 1. The van der Waals surface area contributed by atoms with Gasteiger partial charge in [0.05, 0.1) is 16.8 Å². The SMILES string of the molecule is OCc1c(-n2cnnn2)ccc(Br)c1F. The molecule has 5 nitrogen and oxygen atoms in total. The van der Waals surface area contributed by atoms with Gasteiger partial charge in [0.1, 0.15) is 12.1 Å². The molecule has 7 heteroatoms. The fraction of sp³-hybridized carbons (Fsp3) is 0.125. The number of tetrazole rings is 1. The second kappa shape index (κ2) is 4.03. The van der Waals surface area contributed by atoms with Crippen LogP contribution in [0, 0.1) is 5.82 Å². The Morgan fingerprint density at radius 3 is 2.87 bits per heavy atom. The lowest BCUT2D eigenvalue weighted by Gasteiger charge is -2.08. The van der Waals surface area contributed by atoms with Gasteiger partial charge in [0, 0.05) is 5.56 Å². The van der Waals surface area contributed by atoms with E-state index in [4.69, 9.17) is 5.11 Å². The van der Waals surface area contributed by atoms with Crippen molar-refractivity contribution in [1.82, 2.24) is 20.2 Å². The summed E-state index contributed by atoms with van der Waals surface area (Å²) in [6, 6.07) is 3.15. The third-order valence-electron chi connectivity index (χ3n) is 1.93. The molecular weight excluding hydrogens is 267 g/mol. The Hall–Kier alpha value is -1.34. The average molecular weight is 273 g/mol. The first-order chi connectivity index (χ1) is 7.24. The zero-order valence-corrected chi connectivity index (χ0v) is 9.02. The van der Waals surface area contributed by atoms with Gasteiger partial charge in [-0.2, -0.15) is 0 Å². The Morgan fingerprint density at radius 1 is 1.47 bits per heavy atom. The number of aliphatic hydroxyl groups is 1. The second-order valence-corrected chi connectivity index (χ2v) is 3.63. The first kappa shape index (κ1) is 10.2. The van der Waals surface area contributed by atoms with E-state index in [0.717, 1.165) is 0 Å². The third-order valence-corrected chi connectivity index (χ3v) is 2.54. The van der Waals surface area contributed by atoms with Gasteiger partial charge >= 0.3 is 0 Å². The number of aliphatic hydroxyl groups excluding tert-OH is 1. The molecule has 0 aliphatic rings. The van der Waals surface area contributed by atoms with Crippen LogP contribution in [-0.2, 0) is 6.61 Å². The molecule has 2 aromatic rings. The lowest BCUT2D eigenvalue weighted by molar-refractivity contribution is 0.275. The smallest absolute Gasteiger partial charge is 0.145 e. The first-order valence-corrected chi connectivity index (χ1v) is 4.84. The third kappa shape index (κ3) is 1.75. The molecule has 0 aliphatic carbocycles. The van der Waals surface area contributed by atoms with Crippen molar-refractivity contribution in [3.8, 4) is 5.69 Å². The van der Waals surface area contributed by atoms with Crippen LogP contribution in [0.25, 0.3) is 5.69 Å². The van der Waals surface area contributed by atoms with Crippen molar-refractivity contribution in [3.63, 3.8) is 0 Å². The normalized spacial score (nSPS) is 10.6. The largest absolute Gasteiger partial charge is 0.391 e. The molecule has 78 valence electrons. The summed E-state index contributed by atoms with van der Waals surface area (Å²) in [5, 5.41) is 19.6. The van der Waals surface area contributed by atoms with E-state index in [1.165, 1.54) is 17.1 Å². The fourth-order valence-electron chi connectivity index (χ4n) is 1.22. The molecule has 2 rings (SSSR count). The Bertz CT molecular complexity index is 474. The minimum Gasteiger partial charge on any atom is -0.391 e. The maximum atomic E-state index is 13.6. The summed E-state index contributed by atoms with van der Waals surface area (Å²) in [7, 11) is 0. The zero-order chi connectivity index (χ0) is 10.8. The average Bonchev–Trinajstić information content (AvgIpc) is 2.75. The summed E-state index contributed by atoms with van der Waals surface area (Å²) < 4.78 is 15.2. The Labute approximate surface area is 92.7 Å².